The zero-order chi connectivity index (χ0) is 21.0. The van der Waals surface area contributed by atoms with Gasteiger partial charge in [0, 0.05) is 24.3 Å². The van der Waals surface area contributed by atoms with E-state index in [0.717, 1.165) is 29.8 Å². The van der Waals surface area contributed by atoms with Gasteiger partial charge in [-0.2, -0.15) is 13.2 Å². The number of nitrogens with zero attached hydrogens (tertiary/aromatic N) is 1. The number of benzene rings is 2. The maximum Gasteiger partial charge on any atom is 0.416 e. The van der Waals surface area contributed by atoms with Crippen LogP contribution < -0.4 is 5.32 Å². The molecule has 8 heteroatoms. The number of rotatable bonds is 4. The Labute approximate surface area is 166 Å². The van der Waals surface area contributed by atoms with Gasteiger partial charge in [0.05, 0.1) is 18.1 Å². The van der Waals surface area contributed by atoms with Crippen molar-refractivity contribution in [3.63, 3.8) is 0 Å². The summed E-state index contributed by atoms with van der Waals surface area (Å²) in [5, 5.41) is 12.1. The first kappa shape index (κ1) is 20.9. The van der Waals surface area contributed by atoms with Crippen LogP contribution in [0.25, 0.3) is 0 Å². The number of likely N-dealkylation sites (tertiary alicyclic amines) is 1. The molecule has 0 atom stereocenters. The lowest BCUT2D eigenvalue weighted by Crippen LogP contribution is -2.40. The Morgan fingerprint density at radius 3 is 2.14 bits per heavy atom. The highest BCUT2D eigenvalue weighted by Crippen LogP contribution is 2.29. The lowest BCUT2D eigenvalue weighted by atomic mass is 10.1. The maximum absolute atomic E-state index is 12.6. The van der Waals surface area contributed by atoms with Crippen molar-refractivity contribution in [3.05, 3.63) is 65.2 Å². The molecule has 1 saturated heterocycles. The summed E-state index contributed by atoms with van der Waals surface area (Å²) in [4.78, 5) is 26.2. The van der Waals surface area contributed by atoms with E-state index in [1.54, 1.807) is 29.2 Å². The SMILES string of the molecule is O=C(Nc1ccc(CC(=O)N2CCC(O)CC2)cc1)c1ccc(C(F)(F)F)cc1. The Bertz CT molecular complexity index is 856. The second-order valence-corrected chi connectivity index (χ2v) is 7.01. The van der Waals surface area contributed by atoms with Gasteiger partial charge in [-0.05, 0) is 54.8 Å². The van der Waals surface area contributed by atoms with Crippen molar-refractivity contribution in [1.82, 2.24) is 4.90 Å². The zero-order valence-corrected chi connectivity index (χ0v) is 15.6. The number of alkyl halides is 3. The highest BCUT2D eigenvalue weighted by molar-refractivity contribution is 6.04. The van der Waals surface area contributed by atoms with Gasteiger partial charge in [-0.1, -0.05) is 12.1 Å². The van der Waals surface area contributed by atoms with Crippen molar-refractivity contribution in [2.24, 2.45) is 0 Å². The summed E-state index contributed by atoms with van der Waals surface area (Å²) in [7, 11) is 0. The van der Waals surface area contributed by atoms with E-state index in [2.05, 4.69) is 5.32 Å². The molecule has 5 nitrogen and oxygen atoms in total. The molecule has 0 aliphatic carbocycles. The van der Waals surface area contributed by atoms with Gasteiger partial charge in [0.15, 0.2) is 0 Å². The van der Waals surface area contributed by atoms with Crippen molar-refractivity contribution < 1.29 is 27.9 Å². The standard InChI is InChI=1S/C21H21F3N2O3/c22-21(23,24)16-5-3-15(4-6-16)20(29)25-17-7-1-14(2-8-17)13-19(28)26-11-9-18(27)10-12-26/h1-8,18,27H,9-13H2,(H,25,29). The highest BCUT2D eigenvalue weighted by atomic mass is 19.4. The van der Waals surface area contributed by atoms with Gasteiger partial charge in [-0.15, -0.1) is 0 Å². The number of piperidine rings is 1. The summed E-state index contributed by atoms with van der Waals surface area (Å²) in [6.45, 7) is 1.09. The molecule has 2 N–H and O–H groups in total. The molecule has 0 unspecified atom stereocenters. The average molecular weight is 406 g/mol. The van der Waals surface area contributed by atoms with Crippen LogP contribution in [-0.2, 0) is 17.4 Å². The molecule has 1 aliphatic rings. The van der Waals surface area contributed by atoms with Crippen LogP contribution in [-0.4, -0.2) is 41.0 Å². The molecule has 1 heterocycles. The molecule has 0 spiro atoms. The monoisotopic (exact) mass is 406 g/mol. The molecule has 0 aromatic heterocycles. The molecule has 3 rings (SSSR count). The number of aliphatic hydroxyl groups excluding tert-OH is 1. The van der Waals surface area contributed by atoms with Gasteiger partial charge in [-0.25, -0.2) is 0 Å². The summed E-state index contributed by atoms with van der Waals surface area (Å²) < 4.78 is 37.8. The average Bonchev–Trinajstić information content (AvgIpc) is 2.69. The molecule has 0 saturated carbocycles. The van der Waals surface area contributed by atoms with E-state index in [1.165, 1.54) is 0 Å². The van der Waals surface area contributed by atoms with Crippen LogP contribution in [0.4, 0.5) is 18.9 Å². The second kappa shape index (κ2) is 8.65. The predicted octanol–water partition coefficient (Wildman–Crippen LogP) is 3.48. The van der Waals surface area contributed by atoms with Gasteiger partial charge in [0.25, 0.3) is 5.91 Å². The van der Waals surface area contributed by atoms with Crippen LogP contribution in [0.15, 0.2) is 48.5 Å². The molecule has 0 bridgehead atoms. The maximum atomic E-state index is 12.6. The third kappa shape index (κ3) is 5.57. The number of aliphatic hydroxyl groups is 1. The lowest BCUT2D eigenvalue weighted by Gasteiger charge is -2.29. The number of hydrogen-bond acceptors (Lipinski definition) is 3. The van der Waals surface area contributed by atoms with Gasteiger partial charge in [-0.3, -0.25) is 9.59 Å². The molecule has 154 valence electrons. The minimum atomic E-state index is -4.45. The fourth-order valence-electron chi connectivity index (χ4n) is 3.12. The number of anilines is 1. The molecular weight excluding hydrogens is 385 g/mol. The van der Waals surface area contributed by atoms with Gasteiger partial charge in [0.2, 0.25) is 5.91 Å². The zero-order valence-electron chi connectivity index (χ0n) is 15.6. The Hall–Kier alpha value is -2.87. The molecule has 1 fully saturated rings. The first-order valence-electron chi connectivity index (χ1n) is 9.26. The number of carbonyl (C=O) groups excluding carboxylic acids is 2. The van der Waals surface area contributed by atoms with Crippen molar-refractivity contribution >= 4 is 17.5 Å². The highest BCUT2D eigenvalue weighted by Gasteiger charge is 2.30. The summed E-state index contributed by atoms with van der Waals surface area (Å²) >= 11 is 0. The molecule has 1 aliphatic heterocycles. The largest absolute Gasteiger partial charge is 0.416 e. The summed E-state index contributed by atoms with van der Waals surface area (Å²) in [5.74, 6) is -0.534. The first-order chi connectivity index (χ1) is 13.7. The quantitative estimate of drug-likeness (QED) is 0.817. The van der Waals surface area contributed by atoms with Crippen molar-refractivity contribution in [2.45, 2.75) is 31.5 Å². The fourth-order valence-corrected chi connectivity index (χ4v) is 3.12. The molecule has 2 aromatic carbocycles. The first-order valence-corrected chi connectivity index (χ1v) is 9.26. The summed E-state index contributed by atoms with van der Waals surface area (Å²) in [5.41, 5.74) is 0.566. The van der Waals surface area contributed by atoms with Crippen LogP contribution in [0.3, 0.4) is 0 Å². The minimum Gasteiger partial charge on any atom is -0.393 e. The smallest absolute Gasteiger partial charge is 0.393 e. The minimum absolute atomic E-state index is 0.0153. The van der Waals surface area contributed by atoms with E-state index >= 15 is 0 Å². The Balaban J connectivity index is 1.56. The summed E-state index contributed by atoms with van der Waals surface area (Å²) in [6.07, 6.45) is -3.40. The van der Waals surface area contributed by atoms with Crippen molar-refractivity contribution in [2.75, 3.05) is 18.4 Å². The number of amides is 2. The van der Waals surface area contributed by atoms with Crippen LogP contribution in [0.1, 0.15) is 34.3 Å². The Kier molecular flexibility index (Phi) is 6.22. The fraction of sp³-hybridized carbons (Fsp3) is 0.333. The van der Waals surface area contributed by atoms with Crippen LogP contribution in [0.5, 0.6) is 0 Å². The summed E-state index contributed by atoms with van der Waals surface area (Å²) in [6, 6.07) is 10.7. The van der Waals surface area contributed by atoms with Gasteiger partial charge in [0.1, 0.15) is 0 Å². The lowest BCUT2D eigenvalue weighted by molar-refractivity contribution is -0.137. The van der Waals surface area contributed by atoms with E-state index in [1.807, 2.05) is 0 Å². The third-order valence-electron chi connectivity index (χ3n) is 4.86. The van der Waals surface area contributed by atoms with Gasteiger partial charge < -0.3 is 15.3 Å². The normalized spacial score (nSPS) is 15.2. The van der Waals surface area contributed by atoms with Crippen molar-refractivity contribution in [1.29, 1.82) is 0 Å². The number of hydrogen-bond donors (Lipinski definition) is 2. The molecule has 2 aromatic rings. The van der Waals surface area contributed by atoms with Crippen LogP contribution >= 0.6 is 0 Å². The second-order valence-electron chi connectivity index (χ2n) is 7.01. The van der Waals surface area contributed by atoms with Crippen LogP contribution in [0, 0.1) is 0 Å². The number of halogens is 3. The predicted molar refractivity (Wildman–Crippen MR) is 101 cm³/mol. The molecule has 0 radical (unpaired) electrons. The Morgan fingerprint density at radius 2 is 1.59 bits per heavy atom. The molecule has 29 heavy (non-hydrogen) atoms. The van der Waals surface area contributed by atoms with Gasteiger partial charge >= 0.3 is 6.18 Å². The van der Waals surface area contributed by atoms with Crippen LogP contribution in [0.2, 0.25) is 0 Å². The van der Waals surface area contributed by atoms with E-state index in [4.69, 9.17) is 0 Å². The molecule has 2 amide bonds. The topological polar surface area (TPSA) is 69.6 Å². The third-order valence-corrected chi connectivity index (χ3v) is 4.86. The number of carbonyl (C=O) groups is 2. The van der Waals surface area contributed by atoms with E-state index in [-0.39, 0.29) is 24.0 Å². The van der Waals surface area contributed by atoms with Crippen molar-refractivity contribution in [3.8, 4) is 0 Å². The number of nitrogens with one attached hydrogen (secondary N) is 1. The van der Waals surface area contributed by atoms with E-state index in [9.17, 15) is 27.9 Å². The molecular formula is C21H21F3N2O3. The Morgan fingerprint density at radius 1 is 1.00 bits per heavy atom. The van der Waals surface area contributed by atoms with E-state index < -0.39 is 17.6 Å². The van der Waals surface area contributed by atoms with E-state index in [0.29, 0.717) is 31.6 Å².